The summed E-state index contributed by atoms with van der Waals surface area (Å²) in [5, 5.41) is 8.43. The van der Waals surface area contributed by atoms with Gasteiger partial charge in [-0.25, -0.2) is 0 Å². The van der Waals surface area contributed by atoms with Crippen LogP contribution >= 0.6 is 0 Å². The van der Waals surface area contributed by atoms with Gasteiger partial charge >= 0.3 is 0 Å². The van der Waals surface area contributed by atoms with E-state index in [1.54, 1.807) is 0 Å². The van der Waals surface area contributed by atoms with Gasteiger partial charge in [0.2, 0.25) is 0 Å². The highest BCUT2D eigenvalue weighted by Crippen LogP contribution is 2.22. The van der Waals surface area contributed by atoms with Crippen molar-refractivity contribution in [3.05, 3.63) is 18.0 Å². The molecule has 2 aliphatic rings. The first-order valence-electron chi connectivity index (χ1n) is 8.74. The third kappa shape index (κ3) is 4.30. The van der Waals surface area contributed by atoms with Crippen molar-refractivity contribution in [1.82, 2.24) is 20.0 Å². The van der Waals surface area contributed by atoms with Crippen LogP contribution in [0.2, 0.25) is 0 Å². The lowest BCUT2D eigenvalue weighted by molar-refractivity contribution is 0.163. The molecule has 0 aromatic carbocycles. The molecule has 21 heavy (non-hydrogen) atoms. The van der Waals surface area contributed by atoms with Crippen molar-refractivity contribution in [3.8, 4) is 0 Å². The molecule has 1 aromatic heterocycles. The van der Waals surface area contributed by atoms with Crippen LogP contribution in [0, 0.1) is 5.92 Å². The molecule has 2 unspecified atom stereocenters. The minimum absolute atomic E-state index is 0.510. The van der Waals surface area contributed by atoms with Crippen molar-refractivity contribution in [2.75, 3.05) is 19.6 Å². The van der Waals surface area contributed by atoms with E-state index in [1.165, 1.54) is 51.0 Å². The topological polar surface area (TPSA) is 33.1 Å². The third-order valence-electron chi connectivity index (χ3n) is 4.97. The van der Waals surface area contributed by atoms with Crippen molar-refractivity contribution in [2.45, 2.75) is 64.6 Å². The molecule has 1 aliphatic heterocycles. The number of rotatable bonds is 7. The van der Waals surface area contributed by atoms with Crippen LogP contribution in [0.1, 0.15) is 57.7 Å². The zero-order valence-electron chi connectivity index (χ0n) is 13.6. The summed E-state index contributed by atoms with van der Waals surface area (Å²) in [6.07, 6.45) is 8.78. The fraction of sp³-hybridized carbons (Fsp3) is 0.824. The summed E-state index contributed by atoms with van der Waals surface area (Å²) in [5.41, 5.74) is 1.23. The van der Waals surface area contributed by atoms with Crippen LogP contribution in [-0.4, -0.2) is 40.4 Å². The van der Waals surface area contributed by atoms with Crippen LogP contribution in [0.5, 0.6) is 0 Å². The van der Waals surface area contributed by atoms with E-state index in [1.807, 2.05) is 0 Å². The Labute approximate surface area is 128 Å². The SMILES string of the molecule is CCC(C)n1ccc(CN2CCCC(CNC3CC3)C2)n1. The van der Waals surface area contributed by atoms with Crippen molar-refractivity contribution < 1.29 is 0 Å². The molecule has 1 saturated carbocycles. The van der Waals surface area contributed by atoms with Crippen LogP contribution in [-0.2, 0) is 6.54 Å². The molecule has 118 valence electrons. The standard InChI is InChI=1S/C17H30N4/c1-3-14(2)21-10-8-17(19-21)13-20-9-4-5-15(12-20)11-18-16-6-7-16/h8,10,14-16,18H,3-7,9,11-13H2,1-2H3. The first kappa shape index (κ1) is 15.0. The van der Waals surface area contributed by atoms with Gasteiger partial charge in [0.25, 0.3) is 0 Å². The monoisotopic (exact) mass is 290 g/mol. The molecular weight excluding hydrogens is 260 g/mol. The molecule has 2 heterocycles. The molecule has 0 amide bonds. The normalized spacial score (nSPS) is 25.1. The number of piperidine rings is 1. The molecule has 4 nitrogen and oxygen atoms in total. The number of hydrogen-bond acceptors (Lipinski definition) is 3. The molecule has 0 spiro atoms. The van der Waals surface area contributed by atoms with E-state index < -0.39 is 0 Å². The third-order valence-corrected chi connectivity index (χ3v) is 4.97. The molecule has 3 rings (SSSR count). The molecule has 1 saturated heterocycles. The van der Waals surface area contributed by atoms with Gasteiger partial charge in [0.1, 0.15) is 0 Å². The van der Waals surface area contributed by atoms with Gasteiger partial charge in [-0.1, -0.05) is 6.92 Å². The highest BCUT2D eigenvalue weighted by Gasteiger charge is 2.25. The highest BCUT2D eigenvalue weighted by molar-refractivity contribution is 5.00. The minimum atomic E-state index is 0.510. The predicted octanol–water partition coefficient (Wildman–Crippen LogP) is 2.82. The zero-order valence-corrected chi connectivity index (χ0v) is 13.6. The van der Waals surface area contributed by atoms with Gasteiger partial charge in [-0.2, -0.15) is 5.10 Å². The molecule has 2 atom stereocenters. The summed E-state index contributed by atoms with van der Waals surface area (Å²) in [7, 11) is 0. The van der Waals surface area contributed by atoms with Gasteiger partial charge in [0.05, 0.1) is 5.69 Å². The maximum Gasteiger partial charge on any atom is 0.0764 e. The Hall–Kier alpha value is -0.870. The summed E-state index contributed by atoms with van der Waals surface area (Å²) in [4.78, 5) is 2.59. The maximum atomic E-state index is 4.74. The molecule has 4 heteroatoms. The van der Waals surface area contributed by atoms with E-state index in [-0.39, 0.29) is 0 Å². The lowest BCUT2D eigenvalue weighted by Crippen LogP contribution is -2.39. The number of likely N-dealkylation sites (tertiary alicyclic amines) is 1. The second-order valence-electron chi connectivity index (χ2n) is 6.97. The molecule has 1 aromatic rings. The van der Waals surface area contributed by atoms with Crippen molar-refractivity contribution >= 4 is 0 Å². The largest absolute Gasteiger partial charge is 0.314 e. The van der Waals surface area contributed by atoms with Gasteiger partial charge < -0.3 is 5.32 Å². The molecule has 0 bridgehead atoms. The second kappa shape index (κ2) is 6.93. The summed E-state index contributed by atoms with van der Waals surface area (Å²) < 4.78 is 2.12. The van der Waals surface area contributed by atoms with Crippen LogP contribution in [0.3, 0.4) is 0 Å². The summed E-state index contributed by atoms with van der Waals surface area (Å²) in [6, 6.07) is 3.54. The predicted molar refractivity (Wildman–Crippen MR) is 86.3 cm³/mol. The first-order chi connectivity index (χ1) is 10.2. The average Bonchev–Trinajstić information content (AvgIpc) is 3.23. The smallest absolute Gasteiger partial charge is 0.0764 e. The molecule has 1 aliphatic carbocycles. The van der Waals surface area contributed by atoms with Crippen LogP contribution in [0.15, 0.2) is 12.3 Å². The van der Waals surface area contributed by atoms with E-state index in [4.69, 9.17) is 5.10 Å². The number of nitrogens with one attached hydrogen (secondary N) is 1. The Balaban J connectivity index is 1.48. The summed E-state index contributed by atoms with van der Waals surface area (Å²) in [6.45, 7) is 9.14. The van der Waals surface area contributed by atoms with E-state index in [0.717, 1.165) is 24.9 Å². The lowest BCUT2D eigenvalue weighted by atomic mass is 9.98. The lowest BCUT2D eigenvalue weighted by Gasteiger charge is -2.32. The molecule has 0 radical (unpaired) electrons. The molecule has 2 fully saturated rings. The van der Waals surface area contributed by atoms with Gasteiger partial charge in [-0.15, -0.1) is 0 Å². The Bertz CT molecular complexity index is 438. The van der Waals surface area contributed by atoms with Gasteiger partial charge in [0.15, 0.2) is 0 Å². The van der Waals surface area contributed by atoms with Gasteiger partial charge in [-0.05, 0) is 64.1 Å². The van der Waals surface area contributed by atoms with Gasteiger partial charge in [0, 0.05) is 31.4 Å². The van der Waals surface area contributed by atoms with Crippen molar-refractivity contribution in [1.29, 1.82) is 0 Å². The van der Waals surface area contributed by atoms with E-state index in [9.17, 15) is 0 Å². The first-order valence-corrected chi connectivity index (χ1v) is 8.74. The minimum Gasteiger partial charge on any atom is -0.314 e. The Morgan fingerprint density at radius 1 is 1.38 bits per heavy atom. The summed E-state index contributed by atoms with van der Waals surface area (Å²) in [5.74, 6) is 0.830. The Morgan fingerprint density at radius 3 is 3.00 bits per heavy atom. The summed E-state index contributed by atoms with van der Waals surface area (Å²) >= 11 is 0. The zero-order chi connectivity index (χ0) is 14.7. The number of hydrogen-bond donors (Lipinski definition) is 1. The number of aromatic nitrogens is 2. The second-order valence-corrected chi connectivity index (χ2v) is 6.97. The van der Waals surface area contributed by atoms with Crippen LogP contribution in [0.25, 0.3) is 0 Å². The quantitative estimate of drug-likeness (QED) is 0.838. The average molecular weight is 290 g/mol. The van der Waals surface area contributed by atoms with Crippen molar-refractivity contribution in [2.24, 2.45) is 5.92 Å². The van der Waals surface area contributed by atoms with E-state index in [0.29, 0.717) is 6.04 Å². The van der Waals surface area contributed by atoms with E-state index >= 15 is 0 Å². The fourth-order valence-electron chi connectivity index (χ4n) is 3.21. The Morgan fingerprint density at radius 2 is 2.24 bits per heavy atom. The fourth-order valence-corrected chi connectivity index (χ4v) is 3.21. The maximum absolute atomic E-state index is 4.74. The number of nitrogens with zero attached hydrogens (tertiary/aromatic N) is 3. The van der Waals surface area contributed by atoms with Crippen LogP contribution in [0.4, 0.5) is 0 Å². The Kier molecular flexibility index (Phi) is 4.96. The highest BCUT2D eigenvalue weighted by atomic mass is 15.3. The van der Waals surface area contributed by atoms with Gasteiger partial charge in [-0.3, -0.25) is 9.58 Å². The molecule has 1 N–H and O–H groups in total. The van der Waals surface area contributed by atoms with E-state index in [2.05, 4.69) is 41.0 Å². The molecular formula is C17H30N4. The van der Waals surface area contributed by atoms with Crippen molar-refractivity contribution in [3.63, 3.8) is 0 Å². The van der Waals surface area contributed by atoms with Crippen LogP contribution < -0.4 is 5.32 Å².